The minimum atomic E-state index is -4.32. The maximum atomic E-state index is 12.7. The summed E-state index contributed by atoms with van der Waals surface area (Å²) in [5, 5.41) is 6.43. The second-order valence-corrected chi connectivity index (χ2v) is 7.75. The zero-order chi connectivity index (χ0) is 23.0. The van der Waals surface area contributed by atoms with Crippen molar-refractivity contribution in [3.05, 3.63) is 70.8 Å². The second-order valence-electron chi connectivity index (χ2n) is 7.75. The van der Waals surface area contributed by atoms with Gasteiger partial charge in [-0.3, -0.25) is 4.79 Å². The van der Waals surface area contributed by atoms with Gasteiger partial charge in [-0.05, 0) is 48.6 Å². The predicted octanol–water partition coefficient (Wildman–Crippen LogP) is 4.74. The van der Waals surface area contributed by atoms with Crippen molar-refractivity contribution >= 4 is 35.8 Å². The van der Waals surface area contributed by atoms with Crippen LogP contribution in [0, 0.1) is 0 Å². The summed E-state index contributed by atoms with van der Waals surface area (Å²) >= 11 is 0. The zero-order valence-electron chi connectivity index (χ0n) is 18.6. The third-order valence-corrected chi connectivity index (χ3v) is 5.39. The van der Waals surface area contributed by atoms with E-state index in [9.17, 15) is 18.0 Å². The molecule has 1 heterocycles. The highest BCUT2D eigenvalue weighted by Crippen LogP contribution is 2.29. The van der Waals surface area contributed by atoms with Crippen molar-refractivity contribution in [1.29, 1.82) is 0 Å². The maximum absolute atomic E-state index is 12.7. The summed E-state index contributed by atoms with van der Waals surface area (Å²) in [6.45, 7) is 5.07. The number of halogens is 4. The Morgan fingerprint density at radius 3 is 2.36 bits per heavy atom. The number of rotatable bonds is 8. The standard InChI is InChI=1S/C24H29F3N4O.HI/c1-2-28-23(29-14-13-18-9-11-21(12-10-18)24(25,26)27)30-16-19-6-3-4-7-20(19)17-31-15-5-8-22(31)32;/h3-4,6-7,9-12H,2,5,8,13-17H2,1H3,(H2,28,29,30);1H. The molecule has 0 spiro atoms. The molecular formula is C24H30F3IN4O. The lowest BCUT2D eigenvalue weighted by Gasteiger charge is -2.18. The Balaban J connectivity index is 0.00000385. The molecule has 1 aliphatic heterocycles. The van der Waals surface area contributed by atoms with Crippen LogP contribution in [0.4, 0.5) is 13.2 Å². The fraction of sp³-hybridized carbons (Fsp3) is 0.417. The number of nitrogens with one attached hydrogen (secondary N) is 2. The number of benzene rings is 2. The molecule has 2 aromatic rings. The van der Waals surface area contributed by atoms with Crippen molar-refractivity contribution in [2.24, 2.45) is 4.99 Å². The zero-order valence-corrected chi connectivity index (χ0v) is 21.0. The molecule has 0 saturated carbocycles. The number of nitrogens with zero attached hydrogens (tertiary/aromatic N) is 2. The highest BCUT2D eigenvalue weighted by Gasteiger charge is 2.29. The number of hydrogen-bond donors (Lipinski definition) is 2. The molecule has 9 heteroatoms. The first-order valence-corrected chi connectivity index (χ1v) is 10.9. The molecule has 1 amide bonds. The second kappa shape index (κ2) is 12.8. The van der Waals surface area contributed by atoms with E-state index in [1.54, 1.807) is 0 Å². The molecule has 3 rings (SSSR count). The van der Waals surface area contributed by atoms with Crippen LogP contribution in [0.15, 0.2) is 53.5 Å². The fourth-order valence-corrected chi connectivity index (χ4v) is 3.63. The molecule has 1 aliphatic rings. The van der Waals surface area contributed by atoms with E-state index in [-0.39, 0.29) is 29.9 Å². The number of carbonyl (C=O) groups excluding carboxylic acids is 1. The van der Waals surface area contributed by atoms with Crippen LogP contribution < -0.4 is 10.6 Å². The van der Waals surface area contributed by atoms with Crippen molar-refractivity contribution in [2.75, 3.05) is 19.6 Å². The molecule has 5 nitrogen and oxygen atoms in total. The third kappa shape index (κ3) is 8.21. The minimum Gasteiger partial charge on any atom is -0.357 e. The Hall–Kier alpha value is -2.30. The first-order valence-electron chi connectivity index (χ1n) is 10.9. The molecule has 0 aliphatic carbocycles. The van der Waals surface area contributed by atoms with Crippen LogP contribution >= 0.6 is 24.0 Å². The van der Waals surface area contributed by atoms with E-state index >= 15 is 0 Å². The molecule has 33 heavy (non-hydrogen) atoms. The monoisotopic (exact) mass is 574 g/mol. The molecule has 2 N–H and O–H groups in total. The number of amides is 1. The van der Waals surface area contributed by atoms with E-state index in [2.05, 4.69) is 15.6 Å². The summed E-state index contributed by atoms with van der Waals surface area (Å²) in [7, 11) is 0. The molecule has 0 radical (unpaired) electrons. The average molecular weight is 574 g/mol. The summed E-state index contributed by atoms with van der Waals surface area (Å²) in [6, 6.07) is 13.2. The molecule has 0 bridgehead atoms. The largest absolute Gasteiger partial charge is 0.416 e. The lowest BCUT2D eigenvalue weighted by Crippen LogP contribution is -2.38. The molecule has 2 aromatic carbocycles. The van der Waals surface area contributed by atoms with Crippen LogP contribution in [0.2, 0.25) is 0 Å². The van der Waals surface area contributed by atoms with Gasteiger partial charge in [0.25, 0.3) is 0 Å². The van der Waals surface area contributed by atoms with E-state index in [0.29, 0.717) is 45.0 Å². The minimum absolute atomic E-state index is 0. The number of hydrogen-bond acceptors (Lipinski definition) is 2. The SMILES string of the molecule is CCNC(=NCc1ccccc1CN1CCCC1=O)NCCc1ccc(C(F)(F)F)cc1.I. The maximum Gasteiger partial charge on any atom is 0.416 e. The number of alkyl halides is 3. The van der Waals surface area contributed by atoms with E-state index in [0.717, 1.165) is 41.8 Å². The Morgan fingerprint density at radius 1 is 1.06 bits per heavy atom. The Kier molecular flexibility index (Phi) is 10.5. The lowest BCUT2D eigenvalue weighted by molar-refractivity contribution is -0.137. The van der Waals surface area contributed by atoms with Crippen LogP contribution in [0.1, 0.15) is 42.0 Å². The Labute approximate surface area is 209 Å². The van der Waals surface area contributed by atoms with Gasteiger partial charge in [-0.15, -0.1) is 24.0 Å². The summed E-state index contributed by atoms with van der Waals surface area (Å²) in [5.74, 6) is 0.841. The summed E-state index contributed by atoms with van der Waals surface area (Å²) in [6.07, 6.45) is -2.21. The molecule has 0 aromatic heterocycles. The average Bonchev–Trinajstić information content (AvgIpc) is 3.17. The topological polar surface area (TPSA) is 56.7 Å². The molecule has 180 valence electrons. The lowest BCUT2D eigenvalue weighted by atomic mass is 10.1. The van der Waals surface area contributed by atoms with E-state index < -0.39 is 11.7 Å². The van der Waals surface area contributed by atoms with Crippen molar-refractivity contribution in [3.8, 4) is 0 Å². The van der Waals surface area contributed by atoms with Gasteiger partial charge in [-0.2, -0.15) is 13.2 Å². The van der Waals surface area contributed by atoms with Crippen LogP contribution in [0.3, 0.4) is 0 Å². The molecule has 0 unspecified atom stereocenters. The van der Waals surface area contributed by atoms with E-state index in [1.807, 2.05) is 36.1 Å². The summed E-state index contributed by atoms with van der Waals surface area (Å²) < 4.78 is 38.1. The molecule has 1 saturated heterocycles. The quantitative estimate of drug-likeness (QED) is 0.272. The highest BCUT2D eigenvalue weighted by atomic mass is 127. The predicted molar refractivity (Wildman–Crippen MR) is 134 cm³/mol. The Morgan fingerprint density at radius 2 is 1.76 bits per heavy atom. The normalized spacial score (nSPS) is 14.2. The van der Waals surface area contributed by atoms with Crippen molar-refractivity contribution in [1.82, 2.24) is 15.5 Å². The van der Waals surface area contributed by atoms with Gasteiger partial charge >= 0.3 is 6.18 Å². The van der Waals surface area contributed by atoms with E-state index in [4.69, 9.17) is 0 Å². The smallest absolute Gasteiger partial charge is 0.357 e. The number of guanidine groups is 1. The molecule has 0 atom stereocenters. The summed E-state index contributed by atoms with van der Waals surface area (Å²) in [4.78, 5) is 18.5. The highest BCUT2D eigenvalue weighted by molar-refractivity contribution is 14.0. The Bertz CT molecular complexity index is 932. The van der Waals surface area contributed by atoms with Crippen LogP contribution in [0.25, 0.3) is 0 Å². The van der Waals surface area contributed by atoms with Crippen molar-refractivity contribution < 1.29 is 18.0 Å². The van der Waals surface area contributed by atoms with Crippen LogP contribution in [-0.4, -0.2) is 36.4 Å². The fourth-order valence-electron chi connectivity index (χ4n) is 3.63. The first-order chi connectivity index (χ1) is 15.4. The van der Waals surface area contributed by atoms with Gasteiger partial charge in [-0.1, -0.05) is 36.4 Å². The third-order valence-electron chi connectivity index (χ3n) is 5.39. The van der Waals surface area contributed by atoms with Gasteiger partial charge in [0.1, 0.15) is 0 Å². The van der Waals surface area contributed by atoms with Gasteiger partial charge in [0.2, 0.25) is 5.91 Å². The van der Waals surface area contributed by atoms with Crippen LogP contribution in [-0.2, 0) is 30.5 Å². The number of likely N-dealkylation sites (tertiary alicyclic amines) is 1. The van der Waals surface area contributed by atoms with Crippen molar-refractivity contribution in [3.63, 3.8) is 0 Å². The summed E-state index contributed by atoms with van der Waals surface area (Å²) in [5.41, 5.74) is 2.33. The van der Waals surface area contributed by atoms with Gasteiger partial charge in [0.15, 0.2) is 5.96 Å². The number of aliphatic imine (C=N–C) groups is 1. The molecular weight excluding hydrogens is 544 g/mol. The van der Waals surface area contributed by atoms with Gasteiger partial charge in [0.05, 0.1) is 12.1 Å². The number of carbonyl (C=O) groups is 1. The van der Waals surface area contributed by atoms with Gasteiger partial charge in [-0.25, -0.2) is 4.99 Å². The molecule has 1 fully saturated rings. The van der Waals surface area contributed by atoms with Gasteiger partial charge < -0.3 is 15.5 Å². The van der Waals surface area contributed by atoms with Crippen LogP contribution in [0.5, 0.6) is 0 Å². The van der Waals surface area contributed by atoms with Crippen molar-refractivity contribution in [2.45, 2.75) is 45.5 Å². The van der Waals surface area contributed by atoms with Gasteiger partial charge in [0, 0.05) is 32.6 Å². The first kappa shape index (κ1) is 26.9. The van der Waals surface area contributed by atoms with E-state index in [1.165, 1.54) is 12.1 Å².